The van der Waals surface area contributed by atoms with Crippen molar-refractivity contribution in [1.29, 1.82) is 0 Å². The Labute approximate surface area is 132 Å². The third-order valence-electron chi connectivity index (χ3n) is 4.00. The van der Waals surface area contributed by atoms with E-state index < -0.39 is 0 Å². The van der Waals surface area contributed by atoms with Gasteiger partial charge in [0.1, 0.15) is 16.8 Å². The summed E-state index contributed by atoms with van der Waals surface area (Å²) >= 11 is 6.20. The molecule has 1 aromatic rings. The van der Waals surface area contributed by atoms with Gasteiger partial charge in [-0.3, -0.25) is 0 Å². The molecule has 0 saturated heterocycles. The Morgan fingerprint density at radius 3 is 2.48 bits per heavy atom. The molecule has 0 aromatic carbocycles. The largest absolute Gasteiger partial charge is 0.395 e. The fraction of sp³-hybridized carbons (Fsp3) is 0.750. The number of nitrogens with zero attached hydrogens (tertiary/aromatic N) is 3. The Morgan fingerprint density at radius 1 is 1.24 bits per heavy atom. The van der Waals surface area contributed by atoms with Crippen LogP contribution in [-0.4, -0.2) is 34.3 Å². The van der Waals surface area contributed by atoms with Crippen molar-refractivity contribution in [2.24, 2.45) is 0 Å². The van der Waals surface area contributed by atoms with Gasteiger partial charge in [-0.05, 0) is 12.8 Å². The maximum atomic E-state index is 9.41. The van der Waals surface area contributed by atoms with Crippen LogP contribution in [0.4, 0.5) is 5.82 Å². The van der Waals surface area contributed by atoms with Crippen molar-refractivity contribution in [1.82, 2.24) is 9.97 Å². The zero-order valence-corrected chi connectivity index (χ0v) is 14.0. The Balaban J connectivity index is 2.32. The third kappa shape index (κ3) is 4.30. The van der Waals surface area contributed by atoms with Crippen LogP contribution >= 0.6 is 11.6 Å². The van der Waals surface area contributed by atoms with Gasteiger partial charge in [0.05, 0.1) is 6.61 Å². The molecule has 0 bridgehead atoms. The van der Waals surface area contributed by atoms with E-state index in [0.29, 0.717) is 17.7 Å². The lowest BCUT2D eigenvalue weighted by molar-refractivity contribution is 0.289. The van der Waals surface area contributed by atoms with Crippen LogP contribution in [0, 0.1) is 0 Å². The van der Waals surface area contributed by atoms with Crippen molar-refractivity contribution in [3.05, 3.63) is 17.0 Å². The SMILES string of the molecule is CC(C)(C)c1nc(Cl)cc(N(CCO)C2CCCCC2)n1. The van der Waals surface area contributed by atoms with Gasteiger partial charge in [-0.15, -0.1) is 0 Å². The fourth-order valence-corrected chi connectivity index (χ4v) is 3.05. The quantitative estimate of drug-likeness (QED) is 0.864. The maximum Gasteiger partial charge on any atom is 0.137 e. The third-order valence-corrected chi connectivity index (χ3v) is 4.20. The lowest BCUT2D eigenvalue weighted by Crippen LogP contribution is -2.39. The molecule has 1 aromatic heterocycles. The molecule has 1 N–H and O–H groups in total. The summed E-state index contributed by atoms with van der Waals surface area (Å²) in [7, 11) is 0. The predicted molar refractivity (Wildman–Crippen MR) is 87.0 cm³/mol. The van der Waals surface area contributed by atoms with Crippen LogP contribution in [0.15, 0.2) is 6.07 Å². The minimum absolute atomic E-state index is 0.128. The first-order chi connectivity index (χ1) is 9.91. The van der Waals surface area contributed by atoms with Gasteiger partial charge in [0.15, 0.2) is 0 Å². The molecule has 0 radical (unpaired) electrons. The van der Waals surface area contributed by atoms with E-state index >= 15 is 0 Å². The van der Waals surface area contributed by atoms with E-state index in [9.17, 15) is 5.11 Å². The van der Waals surface area contributed by atoms with Crippen LogP contribution < -0.4 is 4.90 Å². The molecule has 0 amide bonds. The summed E-state index contributed by atoms with van der Waals surface area (Å²) in [6.07, 6.45) is 6.12. The lowest BCUT2D eigenvalue weighted by atomic mass is 9.94. The molecular formula is C16H26ClN3O. The van der Waals surface area contributed by atoms with E-state index in [4.69, 9.17) is 16.6 Å². The standard InChI is InChI=1S/C16H26ClN3O/c1-16(2,3)15-18-13(17)11-14(19-15)20(9-10-21)12-7-5-4-6-8-12/h11-12,21H,4-10H2,1-3H3. The van der Waals surface area contributed by atoms with E-state index in [2.05, 4.69) is 30.7 Å². The van der Waals surface area contributed by atoms with Crippen LogP contribution in [0.1, 0.15) is 58.7 Å². The van der Waals surface area contributed by atoms with Crippen molar-refractivity contribution in [2.75, 3.05) is 18.1 Å². The molecule has 1 saturated carbocycles. The summed E-state index contributed by atoms with van der Waals surface area (Å²) in [5, 5.41) is 9.88. The normalized spacial score (nSPS) is 17.0. The molecule has 1 fully saturated rings. The molecule has 4 nitrogen and oxygen atoms in total. The Kier molecular flexibility index (Phi) is 5.44. The molecule has 0 spiro atoms. The average Bonchev–Trinajstić information content (AvgIpc) is 2.44. The number of hydrogen-bond donors (Lipinski definition) is 1. The van der Waals surface area contributed by atoms with Crippen LogP contribution in [0.3, 0.4) is 0 Å². The second-order valence-corrected chi connectivity index (χ2v) is 7.22. The van der Waals surface area contributed by atoms with E-state index in [1.54, 1.807) is 0 Å². The number of aliphatic hydroxyl groups is 1. The average molecular weight is 312 g/mol. The van der Waals surface area contributed by atoms with Crippen molar-refractivity contribution >= 4 is 17.4 Å². The second kappa shape index (κ2) is 6.93. The number of halogens is 1. The summed E-state index contributed by atoms with van der Waals surface area (Å²) in [4.78, 5) is 11.3. The molecule has 21 heavy (non-hydrogen) atoms. The Hall–Kier alpha value is -0.870. The van der Waals surface area contributed by atoms with Gasteiger partial charge in [0.2, 0.25) is 0 Å². The van der Waals surface area contributed by atoms with Crippen molar-refractivity contribution in [2.45, 2.75) is 64.3 Å². The second-order valence-electron chi connectivity index (χ2n) is 6.83. The molecule has 0 atom stereocenters. The summed E-state index contributed by atoms with van der Waals surface area (Å²) in [5.41, 5.74) is -0.142. The predicted octanol–water partition coefficient (Wildman–Crippen LogP) is 3.56. The van der Waals surface area contributed by atoms with E-state index in [-0.39, 0.29) is 12.0 Å². The van der Waals surface area contributed by atoms with E-state index in [1.165, 1.54) is 19.3 Å². The number of aliphatic hydroxyl groups excluding tert-OH is 1. The number of hydrogen-bond acceptors (Lipinski definition) is 4. The number of rotatable bonds is 4. The van der Waals surface area contributed by atoms with Crippen LogP contribution in [0.2, 0.25) is 5.15 Å². The minimum Gasteiger partial charge on any atom is -0.395 e. The van der Waals surface area contributed by atoms with Gasteiger partial charge in [-0.2, -0.15) is 0 Å². The highest BCUT2D eigenvalue weighted by Gasteiger charge is 2.25. The molecule has 1 aliphatic carbocycles. The highest BCUT2D eigenvalue weighted by molar-refractivity contribution is 6.29. The van der Waals surface area contributed by atoms with Gasteiger partial charge < -0.3 is 10.0 Å². The Morgan fingerprint density at radius 2 is 1.90 bits per heavy atom. The molecule has 2 rings (SSSR count). The fourth-order valence-electron chi connectivity index (χ4n) is 2.87. The van der Waals surface area contributed by atoms with E-state index in [1.807, 2.05) is 6.07 Å². The molecule has 5 heteroatoms. The van der Waals surface area contributed by atoms with Crippen molar-refractivity contribution in [3.63, 3.8) is 0 Å². The zero-order chi connectivity index (χ0) is 15.5. The van der Waals surface area contributed by atoms with Crippen LogP contribution in [0.25, 0.3) is 0 Å². The van der Waals surface area contributed by atoms with Gasteiger partial charge in [0.25, 0.3) is 0 Å². The lowest BCUT2D eigenvalue weighted by Gasteiger charge is -2.35. The highest BCUT2D eigenvalue weighted by Crippen LogP contribution is 2.29. The van der Waals surface area contributed by atoms with Gasteiger partial charge in [-0.25, -0.2) is 9.97 Å². The van der Waals surface area contributed by atoms with Crippen molar-refractivity contribution < 1.29 is 5.11 Å². The molecule has 1 heterocycles. The first-order valence-corrected chi connectivity index (χ1v) is 8.22. The molecule has 1 aliphatic rings. The molecule has 118 valence electrons. The van der Waals surface area contributed by atoms with Crippen LogP contribution in [0.5, 0.6) is 0 Å². The first kappa shape index (κ1) is 16.5. The highest BCUT2D eigenvalue weighted by atomic mass is 35.5. The Bertz CT molecular complexity index is 467. The smallest absolute Gasteiger partial charge is 0.137 e. The first-order valence-electron chi connectivity index (χ1n) is 7.84. The summed E-state index contributed by atoms with van der Waals surface area (Å²) in [6, 6.07) is 2.27. The monoisotopic (exact) mass is 311 g/mol. The summed E-state index contributed by atoms with van der Waals surface area (Å²) < 4.78 is 0. The minimum atomic E-state index is -0.142. The van der Waals surface area contributed by atoms with Gasteiger partial charge in [-0.1, -0.05) is 51.6 Å². The molecule has 0 aliphatic heterocycles. The van der Waals surface area contributed by atoms with Gasteiger partial charge >= 0.3 is 0 Å². The molecular weight excluding hydrogens is 286 g/mol. The number of aromatic nitrogens is 2. The van der Waals surface area contributed by atoms with E-state index in [0.717, 1.165) is 24.5 Å². The summed E-state index contributed by atoms with van der Waals surface area (Å²) in [5.74, 6) is 1.60. The molecule has 0 unspecified atom stereocenters. The van der Waals surface area contributed by atoms with Crippen LogP contribution in [-0.2, 0) is 5.41 Å². The summed E-state index contributed by atoms with van der Waals surface area (Å²) in [6.45, 7) is 6.98. The van der Waals surface area contributed by atoms with Gasteiger partial charge in [0, 0.05) is 24.1 Å². The number of anilines is 1. The zero-order valence-electron chi connectivity index (χ0n) is 13.3. The maximum absolute atomic E-state index is 9.41. The van der Waals surface area contributed by atoms with Crippen molar-refractivity contribution in [3.8, 4) is 0 Å². The topological polar surface area (TPSA) is 49.2 Å².